The molecule has 0 aliphatic carbocycles. The molecule has 1 aromatic heterocycles. The number of hydrogen-bond acceptors (Lipinski definition) is 5. The van der Waals surface area contributed by atoms with Crippen molar-refractivity contribution in [1.82, 2.24) is 9.88 Å². The van der Waals surface area contributed by atoms with Crippen molar-refractivity contribution >= 4 is 29.2 Å². The number of ether oxygens (including phenoxy) is 2. The van der Waals surface area contributed by atoms with Gasteiger partial charge in [-0.2, -0.15) is 0 Å². The van der Waals surface area contributed by atoms with Crippen molar-refractivity contribution in [2.24, 2.45) is 0 Å². The predicted octanol–water partition coefficient (Wildman–Crippen LogP) is 3.05. The predicted molar refractivity (Wildman–Crippen MR) is 112 cm³/mol. The van der Waals surface area contributed by atoms with E-state index in [1.165, 1.54) is 0 Å². The van der Waals surface area contributed by atoms with Gasteiger partial charge in [0.2, 0.25) is 0 Å². The lowest BCUT2D eigenvalue weighted by Gasteiger charge is -2.36. The molecule has 0 atom stereocenters. The van der Waals surface area contributed by atoms with E-state index in [0.717, 1.165) is 5.69 Å². The fourth-order valence-electron chi connectivity index (χ4n) is 3.58. The van der Waals surface area contributed by atoms with E-state index in [1.54, 1.807) is 25.9 Å². The van der Waals surface area contributed by atoms with Gasteiger partial charge in [0.15, 0.2) is 0 Å². The number of anilines is 1. The molecule has 0 spiro atoms. The molecule has 29 heavy (non-hydrogen) atoms. The molecule has 0 radical (unpaired) electrons. The Balaban J connectivity index is 1.68. The van der Waals surface area contributed by atoms with E-state index < -0.39 is 5.97 Å². The summed E-state index contributed by atoms with van der Waals surface area (Å²) in [6.07, 6.45) is 0. The van der Waals surface area contributed by atoms with Gasteiger partial charge in [-0.05, 0) is 31.5 Å². The van der Waals surface area contributed by atoms with E-state index in [2.05, 4.69) is 9.88 Å². The number of rotatable bonds is 6. The van der Waals surface area contributed by atoms with Crippen molar-refractivity contribution in [2.75, 3.05) is 51.4 Å². The third-order valence-electron chi connectivity index (χ3n) is 5.14. The number of methoxy groups -OCH3 is 1. The molecule has 0 saturated carbocycles. The molecule has 2 aromatic rings. The van der Waals surface area contributed by atoms with E-state index >= 15 is 0 Å². The van der Waals surface area contributed by atoms with Crippen LogP contribution in [0.25, 0.3) is 0 Å². The number of benzene rings is 1. The summed E-state index contributed by atoms with van der Waals surface area (Å²) < 4.78 is 10.1. The van der Waals surface area contributed by atoms with Crippen molar-refractivity contribution < 1.29 is 19.1 Å². The first-order valence-corrected chi connectivity index (χ1v) is 9.95. The highest BCUT2D eigenvalue weighted by molar-refractivity contribution is 6.33. The third kappa shape index (κ3) is 4.57. The molecule has 156 valence electrons. The highest BCUT2D eigenvalue weighted by atomic mass is 35.5. The molecular formula is C21H26ClN3O4. The van der Waals surface area contributed by atoms with E-state index in [0.29, 0.717) is 60.3 Å². The van der Waals surface area contributed by atoms with E-state index in [1.807, 2.05) is 24.3 Å². The second-order valence-electron chi connectivity index (χ2n) is 6.98. The van der Waals surface area contributed by atoms with Gasteiger partial charge in [-0.1, -0.05) is 23.7 Å². The molecule has 8 heteroatoms. The molecule has 1 aromatic carbocycles. The second-order valence-corrected chi connectivity index (χ2v) is 7.39. The minimum absolute atomic E-state index is 0.111. The lowest BCUT2D eigenvalue weighted by Crippen LogP contribution is -2.49. The molecule has 1 fully saturated rings. The number of para-hydroxylation sites is 1. The third-order valence-corrected chi connectivity index (χ3v) is 5.46. The van der Waals surface area contributed by atoms with Gasteiger partial charge in [0.1, 0.15) is 12.3 Å². The largest absolute Gasteiger partial charge is 0.460 e. The summed E-state index contributed by atoms with van der Waals surface area (Å²) >= 11 is 6.29. The molecule has 2 heterocycles. The SMILES string of the molecule is COCCOC(=O)c1c(C)[nH]c(C(=O)N2CCN(c3ccccc3Cl)CC2)c1C. The van der Waals surface area contributed by atoms with Crippen LogP contribution in [-0.2, 0) is 9.47 Å². The Kier molecular flexibility index (Phi) is 6.82. The molecule has 0 bridgehead atoms. The molecule has 1 aliphatic heterocycles. The molecule has 7 nitrogen and oxygen atoms in total. The van der Waals surface area contributed by atoms with Crippen molar-refractivity contribution in [3.63, 3.8) is 0 Å². The summed E-state index contributed by atoms with van der Waals surface area (Å²) in [5, 5.41) is 0.708. The Labute approximate surface area is 175 Å². The fourth-order valence-corrected chi connectivity index (χ4v) is 3.83. The number of amides is 1. The normalized spacial score (nSPS) is 14.2. The number of H-pyrrole nitrogens is 1. The van der Waals surface area contributed by atoms with Gasteiger partial charge in [0.25, 0.3) is 5.91 Å². The van der Waals surface area contributed by atoms with Crippen LogP contribution in [-0.4, -0.2) is 68.3 Å². The standard InChI is InChI=1S/C21H26ClN3O4/c1-14-18(21(27)29-13-12-28-3)15(2)23-19(14)20(26)25-10-8-24(9-11-25)17-7-5-4-6-16(17)22/h4-7,23H,8-13H2,1-3H3. The zero-order valence-electron chi connectivity index (χ0n) is 17.0. The van der Waals surface area contributed by atoms with Crippen molar-refractivity contribution in [3.05, 3.63) is 51.8 Å². The summed E-state index contributed by atoms with van der Waals surface area (Å²) in [4.78, 5) is 32.5. The maximum absolute atomic E-state index is 13.1. The lowest BCUT2D eigenvalue weighted by molar-refractivity contribution is 0.0387. The lowest BCUT2D eigenvalue weighted by atomic mass is 10.1. The Morgan fingerprint density at radius 3 is 2.45 bits per heavy atom. The van der Waals surface area contributed by atoms with Crippen LogP contribution in [0.5, 0.6) is 0 Å². The van der Waals surface area contributed by atoms with Crippen LogP contribution in [0.3, 0.4) is 0 Å². The molecular weight excluding hydrogens is 394 g/mol. The smallest absolute Gasteiger partial charge is 0.340 e. The number of esters is 1. The maximum atomic E-state index is 13.1. The number of hydrogen-bond donors (Lipinski definition) is 1. The van der Waals surface area contributed by atoms with Crippen LogP contribution < -0.4 is 4.90 Å². The average Bonchev–Trinajstić information content (AvgIpc) is 3.02. The molecule has 1 amide bonds. The quantitative estimate of drug-likeness (QED) is 0.575. The molecule has 1 N–H and O–H groups in total. The number of halogens is 1. The second kappa shape index (κ2) is 9.33. The number of nitrogens with zero attached hydrogens (tertiary/aromatic N) is 2. The van der Waals surface area contributed by atoms with Gasteiger partial charge in [-0.15, -0.1) is 0 Å². The van der Waals surface area contributed by atoms with E-state index in [4.69, 9.17) is 21.1 Å². The van der Waals surface area contributed by atoms with E-state index in [9.17, 15) is 9.59 Å². The number of carbonyl (C=O) groups excluding carboxylic acids is 2. The topological polar surface area (TPSA) is 74.9 Å². The zero-order chi connectivity index (χ0) is 21.0. The number of nitrogens with one attached hydrogen (secondary N) is 1. The van der Waals surface area contributed by atoms with Crippen LogP contribution in [0.15, 0.2) is 24.3 Å². The van der Waals surface area contributed by atoms with Gasteiger partial charge < -0.3 is 24.3 Å². The van der Waals surface area contributed by atoms with Crippen LogP contribution >= 0.6 is 11.6 Å². The number of aromatic amines is 1. The molecule has 0 unspecified atom stereocenters. The van der Waals surface area contributed by atoms with E-state index in [-0.39, 0.29) is 12.5 Å². The fraction of sp³-hybridized carbons (Fsp3) is 0.429. The summed E-state index contributed by atoms with van der Waals surface area (Å²) in [5.74, 6) is -0.559. The van der Waals surface area contributed by atoms with Gasteiger partial charge in [0.05, 0.1) is 22.9 Å². The van der Waals surface area contributed by atoms with Gasteiger partial charge in [-0.3, -0.25) is 4.79 Å². The van der Waals surface area contributed by atoms with Crippen LogP contribution in [0.1, 0.15) is 32.1 Å². The van der Waals surface area contributed by atoms with Gasteiger partial charge >= 0.3 is 5.97 Å². The summed E-state index contributed by atoms with van der Waals surface area (Å²) in [7, 11) is 1.54. The summed E-state index contributed by atoms with van der Waals surface area (Å²) in [6.45, 7) is 6.59. The summed E-state index contributed by atoms with van der Waals surface area (Å²) in [5.41, 5.74) is 3.08. The molecule has 1 saturated heterocycles. The number of piperazine rings is 1. The first-order chi connectivity index (χ1) is 13.9. The van der Waals surface area contributed by atoms with Crippen molar-refractivity contribution in [2.45, 2.75) is 13.8 Å². The Hall–Kier alpha value is -2.51. The number of carbonyl (C=O) groups is 2. The number of aryl methyl sites for hydroxylation is 1. The Bertz CT molecular complexity index is 888. The monoisotopic (exact) mass is 419 g/mol. The van der Waals surface area contributed by atoms with Crippen LogP contribution in [0.2, 0.25) is 5.02 Å². The highest BCUT2D eigenvalue weighted by Crippen LogP contribution is 2.27. The first-order valence-electron chi connectivity index (χ1n) is 9.58. The first kappa shape index (κ1) is 21.2. The average molecular weight is 420 g/mol. The Morgan fingerprint density at radius 1 is 1.10 bits per heavy atom. The molecule has 1 aliphatic rings. The van der Waals surface area contributed by atoms with Gasteiger partial charge in [0, 0.05) is 39.0 Å². The summed E-state index contributed by atoms with van der Waals surface area (Å²) in [6, 6.07) is 7.71. The highest BCUT2D eigenvalue weighted by Gasteiger charge is 2.28. The zero-order valence-corrected chi connectivity index (χ0v) is 17.7. The van der Waals surface area contributed by atoms with Gasteiger partial charge in [-0.25, -0.2) is 4.79 Å². The Morgan fingerprint density at radius 2 is 1.79 bits per heavy atom. The number of aromatic nitrogens is 1. The molecule has 3 rings (SSSR count). The van der Waals surface area contributed by atoms with Crippen LogP contribution in [0.4, 0.5) is 5.69 Å². The van der Waals surface area contributed by atoms with Crippen molar-refractivity contribution in [1.29, 1.82) is 0 Å². The van der Waals surface area contributed by atoms with Crippen LogP contribution in [0, 0.1) is 13.8 Å². The minimum atomic E-state index is -0.448. The minimum Gasteiger partial charge on any atom is -0.460 e. The maximum Gasteiger partial charge on any atom is 0.340 e. The van der Waals surface area contributed by atoms with Crippen molar-refractivity contribution in [3.8, 4) is 0 Å².